The molecule has 1 atom stereocenters. The fraction of sp³-hybridized carbons (Fsp3) is 0.235. The van der Waals surface area contributed by atoms with E-state index in [1.54, 1.807) is 0 Å². The van der Waals surface area contributed by atoms with Crippen LogP contribution in [0.2, 0.25) is 10.0 Å². The van der Waals surface area contributed by atoms with Gasteiger partial charge in [0.15, 0.2) is 0 Å². The van der Waals surface area contributed by atoms with Gasteiger partial charge in [0, 0.05) is 10.0 Å². The van der Waals surface area contributed by atoms with Crippen LogP contribution in [0.5, 0.6) is 0 Å². The highest BCUT2D eigenvalue weighted by atomic mass is 35.5. The van der Waals surface area contributed by atoms with Crippen LogP contribution in [0, 0.1) is 11.3 Å². The monoisotopic (exact) mass is 301 g/mol. The lowest BCUT2D eigenvalue weighted by molar-refractivity contribution is 0.541. The van der Waals surface area contributed by atoms with E-state index in [-0.39, 0.29) is 0 Å². The maximum Gasteiger partial charge on any atom is 0.0869 e. The van der Waals surface area contributed by atoms with E-state index in [1.807, 2.05) is 30.3 Å². The first-order valence-electron chi connectivity index (χ1n) is 6.59. The summed E-state index contributed by atoms with van der Waals surface area (Å²) < 4.78 is 0. The van der Waals surface area contributed by atoms with Crippen LogP contribution in [0.1, 0.15) is 23.1 Å². The van der Waals surface area contributed by atoms with Crippen molar-refractivity contribution in [1.82, 2.24) is 0 Å². The Morgan fingerprint density at radius 1 is 1.05 bits per heavy atom. The molecule has 0 saturated heterocycles. The molecule has 0 fully saturated rings. The van der Waals surface area contributed by atoms with Gasteiger partial charge >= 0.3 is 0 Å². The quantitative estimate of drug-likeness (QED) is 0.770. The number of nitrogens with zero attached hydrogens (tertiary/aromatic N) is 1. The molecular weight excluding hydrogens is 289 g/mol. The molecule has 0 heterocycles. The standard InChI is InChI=1S/C17H13Cl2N/c18-15-6-3-7-16(19)13(15)10-17(11-20)9-8-12-4-1-2-5-14(12)17/h1-7H,8-10H2. The van der Waals surface area contributed by atoms with Gasteiger partial charge < -0.3 is 0 Å². The summed E-state index contributed by atoms with van der Waals surface area (Å²) in [5.41, 5.74) is 2.75. The normalized spacial score (nSPS) is 20.4. The molecule has 3 rings (SSSR count). The number of hydrogen-bond acceptors (Lipinski definition) is 1. The number of hydrogen-bond donors (Lipinski definition) is 0. The largest absolute Gasteiger partial charge is 0.197 e. The lowest BCUT2D eigenvalue weighted by Crippen LogP contribution is -2.24. The maximum absolute atomic E-state index is 9.77. The molecule has 0 amide bonds. The molecular formula is C17H13Cl2N. The molecule has 1 unspecified atom stereocenters. The predicted octanol–water partition coefficient (Wildman–Crippen LogP) is 4.94. The minimum absolute atomic E-state index is 0.509. The van der Waals surface area contributed by atoms with Crippen molar-refractivity contribution >= 4 is 23.2 Å². The van der Waals surface area contributed by atoms with E-state index in [0.29, 0.717) is 16.5 Å². The zero-order valence-electron chi connectivity index (χ0n) is 10.9. The molecule has 100 valence electrons. The van der Waals surface area contributed by atoms with Crippen molar-refractivity contribution in [3.63, 3.8) is 0 Å². The van der Waals surface area contributed by atoms with Gasteiger partial charge in [-0.1, -0.05) is 53.5 Å². The number of nitriles is 1. The van der Waals surface area contributed by atoms with Crippen LogP contribution >= 0.6 is 23.2 Å². The topological polar surface area (TPSA) is 23.8 Å². The molecule has 0 spiro atoms. The zero-order chi connectivity index (χ0) is 14.2. The van der Waals surface area contributed by atoms with Crippen LogP contribution in [0.3, 0.4) is 0 Å². The van der Waals surface area contributed by atoms with Gasteiger partial charge in [0.05, 0.1) is 11.5 Å². The Kier molecular flexibility index (Phi) is 3.46. The van der Waals surface area contributed by atoms with Gasteiger partial charge in [-0.2, -0.15) is 5.26 Å². The van der Waals surface area contributed by atoms with Crippen molar-refractivity contribution in [3.05, 3.63) is 69.2 Å². The summed E-state index contributed by atoms with van der Waals surface area (Å²) in [6.45, 7) is 0. The lowest BCUT2D eigenvalue weighted by atomic mass is 9.78. The second-order valence-corrected chi connectivity index (χ2v) is 6.04. The van der Waals surface area contributed by atoms with E-state index in [2.05, 4.69) is 18.2 Å². The van der Waals surface area contributed by atoms with Crippen molar-refractivity contribution in [1.29, 1.82) is 5.26 Å². The molecule has 20 heavy (non-hydrogen) atoms. The maximum atomic E-state index is 9.77. The SMILES string of the molecule is N#CC1(Cc2c(Cl)cccc2Cl)CCc2ccccc21. The second kappa shape index (κ2) is 5.13. The summed E-state index contributed by atoms with van der Waals surface area (Å²) in [4.78, 5) is 0. The average Bonchev–Trinajstić information content (AvgIpc) is 2.83. The number of benzene rings is 2. The Labute approximate surface area is 128 Å². The van der Waals surface area contributed by atoms with Gasteiger partial charge in [-0.3, -0.25) is 0 Å². The first-order valence-corrected chi connectivity index (χ1v) is 7.34. The molecule has 3 heteroatoms. The molecule has 0 radical (unpaired) electrons. The number of rotatable bonds is 2. The number of aryl methyl sites for hydroxylation is 1. The van der Waals surface area contributed by atoms with Gasteiger partial charge in [-0.25, -0.2) is 0 Å². The summed E-state index contributed by atoms with van der Waals surface area (Å²) in [5, 5.41) is 11.0. The highest BCUT2D eigenvalue weighted by Gasteiger charge is 2.39. The summed E-state index contributed by atoms with van der Waals surface area (Å²) in [5.74, 6) is 0. The fourth-order valence-corrected chi connectivity index (χ4v) is 3.56. The van der Waals surface area contributed by atoms with Crippen molar-refractivity contribution in [2.24, 2.45) is 0 Å². The van der Waals surface area contributed by atoms with Gasteiger partial charge in [0.2, 0.25) is 0 Å². The van der Waals surface area contributed by atoms with E-state index < -0.39 is 5.41 Å². The van der Waals surface area contributed by atoms with Crippen LogP contribution in [-0.4, -0.2) is 0 Å². The predicted molar refractivity (Wildman–Crippen MR) is 82.2 cm³/mol. The highest BCUT2D eigenvalue weighted by molar-refractivity contribution is 6.36. The molecule has 2 aromatic rings. The minimum Gasteiger partial charge on any atom is -0.197 e. The van der Waals surface area contributed by atoms with Gasteiger partial charge in [0.25, 0.3) is 0 Å². The number of halogens is 2. The highest BCUT2D eigenvalue weighted by Crippen LogP contribution is 2.43. The van der Waals surface area contributed by atoms with E-state index >= 15 is 0 Å². The van der Waals surface area contributed by atoms with Gasteiger partial charge in [0.1, 0.15) is 0 Å². The number of fused-ring (bicyclic) bond motifs is 1. The summed E-state index contributed by atoms with van der Waals surface area (Å²) in [6, 6.07) is 16.2. The summed E-state index contributed by atoms with van der Waals surface area (Å²) >= 11 is 12.5. The van der Waals surface area contributed by atoms with Crippen LogP contribution < -0.4 is 0 Å². The van der Waals surface area contributed by atoms with Gasteiger partial charge in [-0.15, -0.1) is 0 Å². The molecule has 0 saturated carbocycles. The molecule has 0 bridgehead atoms. The van der Waals surface area contributed by atoms with Crippen molar-refractivity contribution in [3.8, 4) is 6.07 Å². The third kappa shape index (κ3) is 2.10. The van der Waals surface area contributed by atoms with Crippen molar-refractivity contribution in [2.75, 3.05) is 0 Å². The molecule has 0 aromatic heterocycles. The van der Waals surface area contributed by atoms with E-state index in [4.69, 9.17) is 23.2 Å². The van der Waals surface area contributed by atoms with Crippen LogP contribution in [0.4, 0.5) is 0 Å². The van der Waals surface area contributed by atoms with Crippen molar-refractivity contribution < 1.29 is 0 Å². The zero-order valence-corrected chi connectivity index (χ0v) is 12.4. The molecule has 1 aliphatic rings. The molecule has 2 aromatic carbocycles. The lowest BCUT2D eigenvalue weighted by Gasteiger charge is -2.23. The first-order chi connectivity index (χ1) is 9.66. The van der Waals surface area contributed by atoms with Crippen LogP contribution in [0.15, 0.2) is 42.5 Å². The van der Waals surface area contributed by atoms with Gasteiger partial charge in [-0.05, 0) is 48.1 Å². The fourth-order valence-electron chi connectivity index (χ4n) is 3.03. The first kappa shape index (κ1) is 13.5. The summed E-state index contributed by atoms with van der Waals surface area (Å²) in [6.07, 6.45) is 2.33. The van der Waals surface area contributed by atoms with E-state index in [9.17, 15) is 5.26 Å². The summed E-state index contributed by atoms with van der Waals surface area (Å²) in [7, 11) is 0. The molecule has 1 nitrogen and oxygen atoms in total. The Bertz CT molecular complexity index is 682. The van der Waals surface area contributed by atoms with E-state index in [0.717, 1.165) is 24.0 Å². The Hall–Kier alpha value is -1.49. The third-order valence-corrected chi connectivity index (χ3v) is 4.82. The third-order valence-electron chi connectivity index (χ3n) is 4.11. The van der Waals surface area contributed by atoms with Crippen LogP contribution in [-0.2, 0) is 18.3 Å². The minimum atomic E-state index is -0.509. The smallest absolute Gasteiger partial charge is 0.0869 e. The van der Waals surface area contributed by atoms with Crippen LogP contribution in [0.25, 0.3) is 0 Å². The molecule has 0 N–H and O–H groups in total. The Balaban J connectivity index is 2.07. The van der Waals surface area contributed by atoms with E-state index in [1.165, 1.54) is 5.56 Å². The molecule has 0 aliphatic heterocycles. The Morgan fingerprint density at radius 2 is 1.75 bits per heavy atom. The average molecular weight is 302 g/mol. The van der Waals surface area contributed by atoms with Crippen molar-refractivity contribution in [2.45, 2.75) is 24.7 Å². The second-order valence-electron chi connectivity index (χ2n) is 5.23. The molecule has 1 aliphatic carbocycles. The Morgan fingerprint density at radius 3 is 2.45 bits per heavy atom.